The number of hydrogen-bond acceptors (Lipinski definition) is 4. The Morgan fingerprint density at radius 2 is 1.38 bits per heavy atom. The first kappa shape index (κ1) is 30.7. The van der Waals surface area contributed by atoms with Gasteiger partial charge in [0.1, 0.15) is 24.8 Å². The monoisotopic (exact) mass is 566 g/mol. The third-order valence-electron chi connectivity index (χ3n) is 7.94. The number of esters is 1. The maximum atomic E-state index is 13.9. The molecule has 0 aliphatic rings. The lowest BCUT2D eigenvalue weighted by Crippen LogP contribution is -2.12. The van der Waals surface area contributed by atoms with Gasteiger partial charge in [-0.3, -0.25) is 9.59 Å². The van der Waals surface area contributed by atoms with Crippen molar-refractivity contribution in [1.82, 2.24) is 0 Å². The van der Waals surface area contributed by atoms with Crippen LogP contribution in [-0.2, 0) is 22.7 Å². The summed E-state index contributed by atoms with van der Waals surface area (Å²) in [5.41, 5.74) is 7.34. The van der Waals surface area contributed by atoms with Crippen LogP contribution in [0, 0.1) is 26.6 Å². The summed E-state index contributed by atoms with van der Waals surface area (Å²) in [5, 5.41) is 0. The van der Waals surface area contributed by atoms with E-state index in [4.69, 9.17) is 9.47 Å². The number of ether oxygens (including phenoxy) is 2. The molecule has 4 rings (SSSR count). The van der Waals surface area contributed by atoms with Crippen molar-refractivity contribution in [2.24, 2.45) is 0 Å². The van der Waals surface area contributed by atoms with Gasteiger partial charge in [0.2, 0.25) is 0 Å². The Bertz CT molecular complexity index is 1460. The Balaban J connectivity index is 1.53. The Morgan fingerprint density at radius 3 is 2.00 bits per heavy atom. The molecule has 0 radical (unpaired) electrons. The second-order valence-electron chi connectivity index (χ2n) is 10.8. The van der Waals surface area contributed by atoms with Gasteiger partial charge in [-0.25, -0.2) is 4.39 Å². The van der Waals surface area contributed by atoms with Crippen LogP contribution >= 0.6 is 0 Å². The third kappa shape index (κ3) is 7.94. The number of benzene rings is 4. The number of unbranched alkanes of at least 4 members (excludes halogenated alkanes) is 2. The van der Waals surface area contributed by atoms with Crippen molar-refractivity contribution in [2.45, 2.75) is 72.0 Å². The zero-order valence-electron chi connectivity index (χ0n) is 24.7. The second kappa shape index (κ2) is 15.1. The van der Waals surface area contributed by atoms with Gasteiger partial charge in [-0.1, -0.05) is 85.6 Å². The van der Waals surface area contributed by atoms with Crippen molar-refractivity contribution in [3.05, 3.63) is 135 Å². The minimum Gasteiger partial charge on any atom is -0.488 e. The van der Waals surface area contributed by atoms with E-state index in [9.17, 15) is 14.0 Å². The van der Waals surface area contributed by atoms with Gasteiger partial charge in [0.05, 0.1) is 0 Å². The highest BCUT2D eigenvalue weighted by Gasteiger charge is 2.26. The van der Waals surface area contributed by atoms with Gasteiger partial charge in [-0.05, 0) is 79.1 Å². The average Bonchev–Trinajstić information content (AvgIpc) is 3.01. The van der Waals surface area contributed by atoms with Gasteiger partial charge in [0.15, 0.2) is 6.29 Å². The molecule has 0 amide bonds. The molecule has 4 aromatic rings. The van der Waals surface area contributed by atoms with Crippen LogP contribution in [0.1, 0.15) is 87.3 Å². The number of aldehydes is 1. The molecule has 0 aliphatic carbocycles. The van der Waals surface area contributed by atoms with E-state index in [1.54, 1.807) is 0 Å². The van der Waals surface area contributed by atoms with Crippen molar-refractivity contribution < 1.29 is 23.5 Å². The van der Waals surface area contributed by atoms with E-state index < -0.39 is 0 Å². The Kier molecular flexibility index (Phi) is 11.0. The highest BCUT2D eigenvalue weighted by molar-refractivity contribution is 5.82. The SMILES string of the molecule is Cc1c(C)c(OCc2ccccc2)c(C(CCCCCC(=O)OCc2ccccc2)c2ccc(F)cc2)c(C)c1C=O. The predicted octanol–water partition coefficient (Wildman–Crippen LogP) is 8.97. The quantitative estimate of drug-likeness (QED) is 0.0868. The topological polar surface area (TPSA) is 52.6 Å². The Labute approximate surface area is 248 Å². The molecule has 0 fully saturated rings. The molecular formula is C37H39FO4. The van der Waals surface area contributed by atoms with E-state index in [-0.39, 0.29) is 24.3 Å². The maximum Gasteiger partial charge on any atom is 0.306 e. The molecule has 1 unspecified atom stereocenters. The van der Waals surface area contributed by atoms with Gasteiger partial charge in [0, 0.05) is 23.5 Å². The molecule has 0 saturated carbocycles. The van der Waals surface area contributed by atoms with Crippen molar-refractivity contribution >= 4 is 12.3 Å². The van der Waals surface area contributed by atoms with E-state index in [1.807, 2.05) is 93.6 Å². The lowest BCUT2D eigenvalue weighted by atomic mass is 9.80. The molecule has 42 heavy (non-hydrogen) atoms. The van der Waals surface area contributed by atoms with E-state index in [0.29, 0.717) is 25.0 Å². The van der Waals surface area contributed by atoms with Crippen LogP contribution in [0.4, 0.5) is 4.39 Å². The van der Waals surface area contributed by atoms with Crippen LogP contribution in [0.3, 0.4) is 0 Å². The molecule has 0 bridgehead atoms. The van der Waals surface area contributed by atoms with Crippen LogP contribution in [-0.4, -0.2) is 12.3 Å². The molecule has 218 valence electrons. The van der Waals surface area contributed by atoms with Crippen LogP contribution < -0.4 is 4.74 Å². The van der Waals surface area contributed by atoms with E-state index >= 15 is 0 Å². The highest BCUT2D eigenvalue weighted by Crippen LogP contribution is 2.43. The number of carbonyl (C=O) groups is 2. The molecule has 4 nitrogen and oxygen atoms in total. The first-order chi connectivity index (χ1) is 20.4. The number of halogens is 1. The van der Waals surface area contributed by atoms with Crippen LogP contribution in [0.25, 0.3) is 0 Å². The molecular weight excluding hydrogens is 527 g/mol. The normalized spacial score (nSPS) is 11.6. The lowest BCUT2D eigenvalue weighted by molar-refractivity contribution is -0.145. The van der Waals surface area contributed by atoms with Crippen molar-refractivity contribution in [3.8, 4) is 5.75 Å². The first-order valence-corrected chi connectivity index (χ1v) is 14.6. The summed E-state index contributed by atoms with van der Waals surface area (Å²) in [5.74, 6) is 0.168. The Morgan fingerprint density at radius 1 is 0.762 bits per heavy atom. The van der Waals surface area contributed by atoms with Gasteiger partial charge in [0.25, 0.3) is 0 Å². The molecule has 4 aromatic carbocycles. The highest BCUT2D eigenvalue weighted by atomic mass is 19.1. The first-order valence-electron chi connectivity index (χ1n) is 14.6. The molecule has 1 atom stereocenters. The number of hydrogen-bond donors (Lipinski definition) is 0. The molecule has 0 saturated heterocycles. The van der Waals surface area contributed by atoms with Crippen molar-refractivity contribution in [3.63, 3.8) is 0 Å². The van der Waals surface area contributed by atoms with Gasteiger partial charge >= 0.3 is 5.97 Å². The zero-order chi connectivity index (χ0) is 29.9. The summed E-state index contributed by atoms with van der Waals surface area (Å²) in [6.07, 6.45) is 4.43. The third-order valence-corrected chi connectivity index (χ3v) is 7.94. The minimum atomic E-state index is -0.294. The molecule has 0 heterocycles. The second-order valence-corrected chi connectivity index (χ2v) is 10.8. The van der Waals surface area contributed by atoms with E-state index in [2.05, 4.69) is 0 Å². The molecule has 5 heteroatoms. The summed E-state index contributed by atoms with van der Waals surface area (Å²) in [6, 6.07) is 26.2. The molecule has 0 aromatic heterocycles. The average molecular weight is 567 g/mol. The van der Waals surface area contributed by atoms with Gasteiger partial charge in [-0.15, -0.1) is 0 Å². The number of carbonyl (C=O) groups excluding carboxylic acids is 2. The maximum absolute atomic E-state index is 13.9. The van der Waals surface area contributed by atoms with Crippen LogP contribution in [0.15, 0.2) is 84.9 Å². The predicted molar refractivity (Wildman–Crippen MR) is 164 cm³/mol. The molecule has 0 N–H and O–H groups in total. The van der Waals surface area contributed by atoms with Crippen molar-refractivity contribution in [1.29, 1.82) is 0 Å². The van der Waals surface area contributed by atoms with Crippen LogP contribution in [0.2, 0.25) is 0 Å². The molecule has 0 spiro atoms. The minimum absolute atomic E-state index is 0.112. The van der Waals surface area contributed by atoms with Crippen LogP contribution in [0.5, 0.6) is 5.75 Å². The van der Waals surface area contributed by atoms with Gasteiger partial charge in [-0.2, -0.15) is 0 Å². The summed E-state index contributed by atoms with van der Waals surface area (Å²) in [4.78, 5) is 24.5. The fraction of sp³-hybridized carbons (Fsp3) is 0.297. The Hall–Kier alpha value is -4.25. The van der Waals surface area contributed by atoms with Crippen molar-refractivity contribution in [2.75, 3.05) is 0 Å². The summed E-state index contributed by atoms with van der Waals surface area (Å²) >= 11 is 0. The number of rotatable bonds is 14. The smallest absolute Gasteiger partial charge is 0.306 e. The fourth-order valence-electron chi connectivity index (χ4n) is 5.46. The largest absolute Gasteiger partial charge is 0.488 e. The van der Waals surface area contributed by atoms with E-state index in [1.165, 1.54) is 12.1 Å². The van der Waals surface area contributed by atoms with Gasteiger partial charge < -0.3 is 9.47 Å². The lowest BCUT2D eigenvalue weighted by Gasteiger charge is -2.27. The van der Waals surface area contributed by atoms with E-state index in [0.717, 1.165) is 70.2 Å². The summed E-state index contributed by atoms with van der Waals surface area (Å²) < 4.78 is 25.9. The standard InChI is InChI=1S/C37H39FO4/c1-26-27(2)37(42-25-30-15-9-5-10-16-30)36(28(3)34(26)23-39)33(31-19-21-32(38)22-20-31)17-11-6-12-18-35(40)41-24-29-13-7-4-8-14-29/h4-5,7-10,13-16,19-23,33H,6,11-12,17-18,24-25H2,1-3H3. The molecule has 0 aliphatic heterocycles. The summed E-state index contributed by atoms with van der Waals surface area (Å²) in [6.45, 7) is 6.60. The zero-order valence-corrected chi connectivity index (χ0v) is 24.7. The summed E-state index contributed by atoms with van der Waals surface area (Å²) in [7, 11) is 0. The fourth-order valence-corrected chi connectivity index (χ4v) is 5.46.